The van der Waals surface area contributed by atoms with Crippen molar-refractivity contribution in [3.8, 4) is 5.75 Å². The fourth-order valence-corrected chi connectivity index (χ4v) is 5.26. The summed E-state index contributed by atoms with van der Waals surface area (Å²) in [4.78, 5) is 18.3. The van der Waals surface area contributed by atoms with Crippen molar-refractivity contribution in [3.63, 3.8) is 0 Å². The van der Waals surface area contributed by atoms with Gasteiger partial charge in [-0.05, 0) is 31.0 Å². The minimum absolute atomic E-state index is 0.0291. The summed E-state index contributed by atoms with van der Waals surface area (Å²) in [6, 6.07) is 11.3. The van der Waals surface area contributed by atoms with Crippen LogP contribution in [0.1, 0.15) is 24.6 Å². The molecule has 0 aliphatic carbocycles. The number of nitrogens with one attached hydrogen (secondary N) is 1. The van der Waals surface area contributed by atoms with Crippen LogP contribution in [0.4, 0.5) is 5.69 Å². The molecule has 3 aromatic rings. The molecule has 0 radical (unpaired) electrons. The second-order valence-corrected chi connectivity index (χ2v) is 8.82. The molecule has 0 atom stereocenters. The number of para-hydroxylation sites is 2. The molecular weight excluding hydrogens is 396 g/mol. The largest absolute Gasteiger partial charge is 0.495 e. The zero-order chi connectivity index (χ0) is 20.6. The third kappa shape index (κ3) is 3.56. The van der Waals surface area contributed by atoms with Crippen LogP contribution in [0.25, 0.3) is 11.0 Å². The van der Waals surface area contributed by atoms with E-state index in [9.17, 15) is 18.5 Å². The monoisotopic (exact) mass is 416 g/mol. The van der Waals surface area contributed by atoms with Crippen molar-refractivity contribution in [2.24, 2.45) is 0 Å². The van der Waals surface area contributed by atoms with Gasteiger partial charge in [-0.2, -0.15) is 4.31 Å². The number of hydrogen-bond donors (Lipinski definition) is 1. The van der Waals surface area contributed by atoms with Gasteiger partial charge in [0.25, 0.3) is 5.69 Å². The number of imidazole rings is 1. The highest BCUT2D eigenvalue weighted by molar-refractivity contribution is 7.89. The van der Waals surface area contributed by atoms with Gasteiger partial charge in [0.1, 0.15) is 16.5 Å². The van der Waals surface area contributed by atoms with Gasteiger partial charge in [0, 0.05) is 25.1 Å². The first-order chi connectivity index (χ1) is 13.9. The van der Waals surface area contributed by atoms with Crippen LogP contribution in [0.5, 0.6) is 5.75 Å². The van der Waals surface area contributed by atoms with Crippen LogP contribution in [0.3, 0.4) is 0 Å². The van der Waals surface area contributed by atoms with Crippen molar-refractivity contribution < 1.29 is 18.1 Å². The van der Waals surface area contributed by atoms with Crippen LogP contribution in [-0.4, -0.2) is 47.8 Å². The molecule has 1 fully saturated rings. The SMILES string of the molecule is COc1cc([N+](=O)[O-])ccc1S(=O)(=O)N1CCC(c2nc3ccccc3[nH]2)CC1. The van der Waals surface area contributed by atoms with Crippen LogP contribution in [0.2, 0.25) is 0 Å². The van der Waals surface area contributed by atoms with Crippen LogP contribution in [0.15, 0.2) is 47.4 Å². The average Bonchev–Trinajstić information content (AvgIpc) is 3.17. The van der Waals surface area contributed by atoms with Crippen molar-refractivity contribution in [1.29, 1.82) is 0 Å². The van der Waals surface area contributed by atoms with E-state index in [2.05, 4.69) is 9.97 Å². The molecule has 2 aromatic carbocycles. The number of benzene rings is 2. The fraction of sp³-hybridized carbons (Fsp3) is 0.316. The minimum Gasteiger partial charge on any atom is -0.495 e. The number of methoxy groups -OCH3 is 1. The lowest BCUT2D eigenvalue weighted by Crippen LogP contribution is -2.38. The summed E-state index contributed by atoms with van der Waals surface area (Å²) in [5.74, 6) is 0.988. The Morgan fingerprint density at radius 3 is 2.59 bits per heavy atom. The fourth-order valence-electron chi connectivity index (χ4n) is 3.66. The van der Waals surface area contributed by atoms with Crippen LogP contribution in [-0.2, 0) is 10.0 Å². The summed E-state index contributed by atoms with van der Waals surface area (Å²) in [5, 5.41) is 10.9. The standard InChI is InChI=1S/C19H20N4O5S/c1-28-17-12-14(23(24)25)6-7-18(17)29(26,27)22-10-8-13(9-11-22)19-20-15-4-2-3-5-16(15)21-19/h2-7,12-13H,8-11H2,1H3,(H,20,21). The Labute approximate surface area is 167 Å². The number of nitro groups is 1. The number of H-pyrrole nitrogens is 1. The Bertz CT molecular complexity index is 1130. The maximum absolute atomic E-state index is 13.1. The first-order valence-electron chi connectivity index (χ1n) is 9.17. The molecule has 1 N–H and O–H groups in total. The number of nitrogens with zero attached hydrogens (tertiary/aromatic N) is 3. The maximum Gasteiger partial charge on any atom is 0.273 e. The van der Waals surface area contributed by atoms with Gasteiger partial charge in [0.2, 0.25) is 10.0 Å². The van der Waals surface area contributed by atoms with Gasteiger partial charge in [0.15, 0.2) is 0 Å². The van der Waals surface area contributed by atoms with Crippen LogP contribution >= 0.6 is 0 Å². The Kier molecular flexibility index (Phi) is 4.97. The molecule has 0 unspecified atom stereocenters. The Morgan fingerprint density at radius 1 is 1.21 bits per heavy atom. The smallest absolute Gasteiger partial charge is 0.273 e. The van der Waals surface area contributed by atoms with E-state index in [1.54, 1.807) is 0 Å². The molecule has 1 aromatic heterocycles. The number of aromatic amines is 1. The van der Waals surface area contributed by atoms with E-state index in [0.717, 1.165) is 22.9 Å². The number of piperidine rings is 1. The van der Waals surface area contributed by atoms with Crippen molar-refractivity contribution in [2.75, 3.05) is 20.2 Å². The minimum atomic E-state index is -3.82. The Hall–Kier alpha value is -2.98. The summed E-state index contributed by atoms with van der Waals surface area (Å²) in [6.45, 7) is 0.675. The van der Waals surface area contributed by atoms with Crippen molar-refractivity contribution in [3.05, 3.63) is 58.4 Å². The predicted octanol–water partition coefficient (Wildman–Crippen LogP) is 3.05. The van der Waals surface area contributed by atoms with E-state index >= 15 is 0 Å². The highest BCUT2D eigenvalue weighted by atomic mass is 32.2. The molecule has 0 bridgehead atoms. The molecule has 0 amide bonds. The van der Waals surface area contributed by atoms with Crippen LogP contribution in [0, 0.1) is 10.1 Å². The van der Waals surface area contributed by atoms with Crippen LogP contribution < -0.4 is 4.74 Å². The van der Waals surface area contributed by atoms with E-state index in [0.29, 0.717) is 25.9 Å². The molecule has 10 heteroatoms. The van der Waals surface area contributed by atoms with E-state index in [4.69, 9.17) is 4.74 Å². The van der Waals surface area contributed by atoms with E-state index in [1.165, 1.54) is 23.5 Å². The third-order valence-corrected chi connectivity index (χ3v) is 7.16. The second-order valence-electron chi connectivity index (χ2n) is 6.91. The van der Waals surface area contributed by atoms with E-state index in [1.807, 2.05) is 24.3 Å². The van der Waals surface area contributed by atoms with Crippen molar-refractivity contribution in [2.45, 2.75) is 23.7 Å². The molecule has 2 heterocycles. The summed E-state index contributed by atoms with van der Waals surface area (Å²) in [7, 11) is -2.52. The van der Waals surface area contributed by atoms with Gasteiger partial charge in [-0.25, -0.2) is 13.4 Å². The topological polar surface area (TPSA) is 118 Å². The number of nitro benzene ring substituents is 1. The molecule has 29 heavy (non-hydrogen) atoms. The van der Waals surface area contributed by atoms with Gasteiger partial charge in [-0.1, -0.05) is 12.1 Å². The molecule has 4 rings (SSSR count). The zero-order valence-electron chi connectivity index (χ0n) is 15.7. The first kappa shape index (κ1) is 19.3. The highest BCUT2D eigenvalue weighted by Crippen LogP contribution is 2.34. The molecule has 0 spiro atoms. The normalized spacial score (nSPS) is 16.2. The number of sulfonamides is 1. The summed E-state index contributed by atoms with van der Waals surface area (Å²) in [5.41, 5.74) is 1.64. The molecule has 152 valence electrons. The number of aromatic nitrogens is 2. The lowest BCUT2D eigenvalue weighted by molar-refractivity contribution is -0.385. The summed E-state index contributed by atoms with van der Waals surface area (Å²) < 4.78 is 32.7. The number of rotatable bonds is 5. The van der Waals surface area contributed by atoms with Crippen molar-refractivity contribution in [1.82, 2.24) is 14.3 Å². The zero-order valence-corrected chi connectivity index (χ0v) is 16.6. The number of ether oxygens (including phenoxy) is 1. The van der Waals surface area contributed by atoms with Gasteiger partial charge in [0.05, 0.1) is 29.1 Å². The van der Waals surface area contributed by atoms with Gasteiger partial charge in [-0.3, -0.25) is 10.1 Å². The first-order valence-corrected chi connectivity index (χ1v) is 10.6. The number of fused-ring (bicyclic) bond motifs is 1. The highest BCUT2D eigenvalue weighted by Gasteiger charge is 2.33. The average molecular weight is 416 g/mol. The van der Waals surface area contributed by atoms with Crippen molar-refractivity contribution >= 4 is 26.7 Å². The Morgan fingerprint density at radius 2 is 1.93 bits per heavy atom. The maximum atomic E-state index is 13.1. The lowest BCUT2D eigenvalue weighted by atomic mass is 9.97. The molecule has 9 nitrogen and oxygen atoms in total. The molecule has 1 aliphatic heterocycles. The Balaban J connectivity index is 1.53. The lowest BCUT2D eigenvalue weighted by Gasteiger charge is -2.30. The molecular formula is C19H20N4O5S. The summed E-state index contributed by atoms with van der Waals surface area (Å²) in [6.07, 6.45) is 1.27. The van der Waals surface area contributed by atoms with Gasteiger partial charge >= 0.3 is 0 Å². The number of hydrogen-bond acceptors (Lipinski definition) is 6. The molecule has 1 aliphatic rings. The molecule has 1 saturated heterocycles. The summed E-state index contributed by atoms with van der Waals surface area (Å²) >= 11 is 0. The van der Waals surface area contributed by atoms with E-state index in [-0.39, 0.29) is 22.3 Å². The third-order valence-electron chi connectivity index (χ3n) is 5.22. The van der Waals surface area contributed by atoms with Gasteiger partial charge < -0.3 is 9.72 Å². The van der Waals surface area contributed by atoms with E-state index < -0.39 is 14.9 Å². The molecule has 0 saturated carbocycles. The number of non-ortho nitro benzene ring substituents is 1. The quantitative estimate of drug-likeness (QED) is 0.504. The predicted molar refractivity (Wildman–Crippen MR) is 106 cm³/mol. The second kappa shape index (κ2) is 7.45. The van der Waals surface area contributed by atoms with Gasteiger partial charge in [-0.15, -0.1) is 0 Å².